The second-order valence-corrected chi connectivity index (χ2v) is 7.83. The van der Waals surface area contributed by atoms with Crippen LogP contribution >= 0.6 is 0 Å². The first kappa shape index (κ1) is 21.4. The number of hydrogen-bond acceptors (Lipinski definition) is 6. The van der Waals surface area contributed by atoms with Gasteiger partial charge in [0.2, 0.25) is 0 Å². The molecule has 0 aromatic heterocycles. The molecule has 0 N–H and O–H groups in total. The SMILES string of the molecule is CO[C@@H]1CC(=O)[C@@]2(CC(=O)O[C@@H]2/C=C(\C)CCC=C(C)C)C[C@@H]1OC(C)=O. The Morgan fingerprint density at radius 2 is 1.93 bits per heavy atom. The van der Waals surface area contributed by atoms with Gasteiger partial charge in [0.1, 0.15) is 24.1 Å². The van der Waals surface area contributed by atoms with Crippen molar-refractivity contribution in [3.63, 3.8) is 0 Å². The minimum Gasteiger partial charge on any atom is -0.460 e. The molecule has 6 heteroatoms. The zero-order valence-electron chi connectivity index (χ0n) is 16.9. The number of hydrogen-bond donors (Lipinski definition) is 0. The minimum absolute atomic E-state index is 0.0163. The van der Waals surface area contributed by atoms with E-state index in [1.54, 1.807) is 0 Å². The predicted molar refractivity (Wildman–Crippen MR) is 99.9 cm³/mol. The smallest absolute Gasteiger partial charge is 0.307 e. The van der Waals surface area contributed by atoms with Gasteiger partial charge in [-0.2, -0.15) is 0 Å². The van der Waals surface area contributed by atoms with Crippen LogP contribution in [0.5, 0.6) is 0 Å². The average Bonchev–Trinajstić information content (AvgIpc) is 2.85. The molecule has 0 radical (unpaired) electrons. The molecule has 6 nitrogen and oxygen atoms in total. The Balaban J connectivity index is 2.25. The van der Waals surface area contributed by atoms with E-state index >= 15 is 0 Å². The first-order chi connectivity index (χ1) is 12.7. The van der Waals surface area contributed by atoms with Gasteiger partial charge in [-0.05, 0) is 39.7 Å². The summed E-state index contributed by atoms with van der Waals surface area (Å²) in [6.07, 6.45) is 4.44. The number of Topliss-reactive ketones (excluding diaryl/α,β-unsaturated/α-hetero) is 1. The van der Waals surface area contributed by atoms with Gasteiger partial charge in [0.05, 0.1) is 11.8 Å². The summed E-state index contributed by atoms with van der Waals surface area (Å²) in [4.78, 5) is 36.5. The lowest BCUT2D eigenvalue weighted by atomic mass is 9.66. The second kappa shape index (κ2) is 8.83. The van der Waals surface area contributed by atoms with Crippen LogP contribution in [0.2, 0.25) is 0 Å². The van der Waals surface area contributed by atoms with Crippen molar-refractivity contribution >= 4 is 17.7 Å². The number of methoxy groups -OCH3 is 1. The fourth-order valence-electron chi connectivity index (χ4n) is 3.91. The maximum absolute atomic E-state index is 13.0. The van der Waals surface area contributed by atoms with Crippen LogP contribution in [-0.4, -0.2) is 43.1 Å². The number of allylic oxidation sites excluding steroid dienone is 3. The molecule has 2 aliphatic rings. The number of carbonyl (C=O) groups excluding carboxylic acids is 3. The van der Waals surface area contributed by atoms with E-state index in [-0.39, 0.29) is 31.0 Å². The first-order valence-corrected chi connectivity index (χ1v) is 9.41. The van der Waals surface area contributed by atoms with Gasteiger partial charge >= 0.3 is 11.9 Å². The number of cyclic esters (lactones) is 1. The third-order valence-electron chi connectivity index (χ3n) is 5.33. The summed E-state index contributed by atoms with van der Waals surface area (Å²) in [6, 6.07) is 0. The van der Waals surface area contributed by atoms with Crippen molar-refractivity contribution in [2.24, 2.45) is 5.41 Å². The Hall–Kier alpha value is -1.95. The highest BCUT2D eigenvalue weighted by Gasteiger charge is 2.58. The average molecular weight is 378 g/mol. The number of ketones is 1. The molecule has 1 aliphatic heterocycles. The van der Waals surface area contributed by atoms with E-state index in [0.29, 0.717) is 0 Å². The van der Waals surface area contributed by atoms with Crippen molar-refractivity contribution in [3.05, 3.63) is 23.3 Å². The van der Waals surface area contributed by atoms with Crippen LogP contribution in [0.15, 0.2) is 23.3 Å². The monoisotopic (exact) mass is 378 g/mol. The maximum Gasteiger partial charge on any atom is 0.307 e. The molecule has 2 rings (SSSR count). The molecular weight excluding hydrogens is 348 g/mol. The van der Waals surface area contributed by atoms with E-state index in [1.807, 2.05) is 13.0 Å². The largest absolute Gasteiger partial charge is 0.460 e. The fraction of sp³-hybridized carbons (Fsp3) is 0.667. The first-order valence-electron chi connectivity index (χ1n) is 9.41. The highest BCUT2D eigenvalue weighted by molar-refractivity contribution is 5.93. The van der Waals surface area contributed by atoms with Crippen molar-refractivity contribution in [3.8, 4) is 0 Å². The molecule has 1 saturated carbocycles. The molecular formula is C21H30O6. The summed E-state index contributed by atoms with van der Waals surface area (Å²) < 4.78 is 16.3. The van der Waals surface area contributed by atoms with Crippen LogP contribution in [0.25, 0.3) is 0 Å². The van der Waals surface area contributed by atoms with E-state index in [2.05, 4.69) is 19.9 Å². The van der Waals surface area contributed by atoms with Crippen LogP contribution in [0, 0.1) is 5.41 Å². The Kier molecular flexibility index (Phi) is 6.98. The molecule has 2 fully saturated rings. The van der Waals surface area contributed by atoms with E-state index in [9.17, 15) is 14.4 Å². The lowest BCUT2D eigenvalue weighted by Gasteiger charge is -2.40. The number of esters is 2. The molecule has 0 unspecified atom stereocenters. The summed E-state index contributed by atoms with van der Waals surface area (Å²) in [5, 5.41) is 0. The number of rotatable bonds is 6. The van der Waals surface area contributed by atoms with Crippen LogP contribution in [-0.2, 0) is 28.6 Å². The zero-order valence-corrected chi connectivity index (χ0v) is 16.9. The minimum atomic E-state index is -0.982. The van der Waals surface area contributed by atoms with Gasteiger partial charge < -0.3 is 14.2 Å². The van der Waals surface area contributed by atoms with Gasteiger partial charge in [-0.3, -0.25) is 14.4 Å². The van der Waals surface area contributed by atoms with E-state index in [0.717, 1.165) is 18.4 Å². The molecule has 0 amide bonds. The summed E-state index contributed by atoms with van der Waals surface area (Å²) in [7, 11) is 1.49. The second-order valence-electron chi connectivity index (χ2n) is 7.83. The molecule has 0 bridgehead atoms. The van der Waals surface area contributed by atoms with Crippen molar-refractivity contribution in [2.75, 3.05) is 7.11 Å². The summed E-state index contributed by atoms with van der Waals surface area (Å²) >= 11 is 0. The molecule has 1 spiro atoms. The van der Waals surface area contributed by atoms with Crippen LogP contribution in [0.1, 0.15) is 59.8 Å². The molecule has 0 aromatic carbocycles. The van der Waals surface area contributed by atoms with Gasteiger partial charge in [-0.15, -0.1) is 0 Å². The number of carbonyl (C=O) groups is 3. The summed E-state index contributed by atoms with van der Waals surface area (Å²) in [6.45, 7) is 7.41. The van der Waals surface area contributed by atoms with E-state index in [1.165, 1.54) is 19.6 Å². The maximum atomic E-state index is 13.0. The topological polar surface area (TPSA) is 78.9 Å². The summed E-state index contributed by atoms with van der Waals surface area (Å²) in [5.74, 6) is -0.886. The van der Waals surface area contributed by atoms with Gasteiger partial charge in [-0.25, -0.2) is 0 Å². The molecule has 1 saturated heterocycles. The van der Waals surface area contributed by atoms with Gasteiger partial charge in [0.25, 0.3) is 0 Å². The van der Waals surface area contributed by atoms with Crippen molar-refractivity contribution in [1.29, 1.82) is 0 Å². The summed E-state index contributed by atoms with van der Waals surface area (Å²) in [5.41, 5.74) is 1.34. The highest BCUT2D eigenvalue weighted by Crippen LogP contribution is 2.47. The van der Waals surface area contributed by atoms with Crippen LogP contribution in [0.4, 0.5) is 0 Å². The molecule has 0 aromatic rings. The standard InChI is InChI=1S/C21H30O6/c1-13(2)7-6-8-14(3)9-19-21(12-20(24)27-19)11-17(26-15(4)22)16(25-5)10-18(21)23/h7,9,16-17,19H,6,8,10-12H2,1-5H3/b14-9+/t16-,17+,19-,21+/m1/s1. The lowest BCUT2D eigenvalue weighted by molar-refractivity contribution is -0.169. The van der Waals surface area contributed by atoms with E-state index in [4.69, 9.17) is 14.2 Å². The molecule has 150 valence electrons. The molecule has 1 aliphatic carbocycles. The zero-order chi connectivity index (χ0) is 20.2. The van der Waals surface area contributed by atoms with Crippen molar-refractivity contribution in [2.45, 2.75) is 78.1 Å². The predicted octanol–water partition coefficient (Wildman–Crippen LogP) is 3.29. The Morgan fingerprint density at radius 3 is 2.52 bits per heavy atom. The van der Waals surface area contributed by atoms with Gasteiger partial charge in [0.15, 0.2) is 0 Å². The third-order valence-corrected chi connectivity index (χ3v) is 5.33. The fourth-order valence-corrected chi connectivity index (χ4v) is 3.91. The molecule has 27 heavy (non-hydrogen) atoms. The lowest BCUT2D eigenvalue weighted by Crippen LogP contribution is -2.52. The quantitative estimate of drug-likeness (QED) is 0.521. The van der Waals surface area contributed by atoms with Crippen LogP contribution < -0.4 is 0 Å². The third kappa shape index (κ3) is 5.06. The van der Waals surface area contributed by atoms with E-state index < -0.39 is 29.7 Å². The normalized spacial score (nSPS) is 31.0. The Morgan fingerprint density at radius 1 is 1.22 bits per heavy atom. The molecule has 1 heterocycles. The highest BCUT2D eigenvalue weighted by atomic mass is 16.6. The molecule has 4 atom stereocenters. The Bertz CT molecular complexity index is 658. The van der Waals surface area contributed by atoms with Crippen molar-refractivity contribution < 1.29 is 28.6 Å². The Labute approximate surface area is 160 Å². The van der Waals surface area contributed by atoms with Crippen LogP contribution in [0.3, 0.4) is 0 Å². The van der Waals surface area contributed by atoms with Crippen molar-refractivity contribution in [1.82, 2.24) is 0 Å². The number of ether oxygens (including phenoxy) is 3. The van der Waals surface area contributed by atoms with Gasteiger partial charge in [-0.1, -0.05) is 17.2 Å². The van der Waals surface area contributed by atoms with Gasteiger partial charge in [0, 0.05) is 26.9 Å².